The van der Waals surface area contributed by atoms with E-state index in [1.165, 1.54) is 0 Å². The summed E-state index contributed by atoms with van der Waals surface area (Å²) in [6.07, 6.45) is -0.330. The quantitative estimate of drug-likeness (QED) is 0.220. The molecule has 0 heterocycles. The molecule has 0 aromatic rings. The van der Waals surface area contributed by atoms with Gasteiger partial charge in [-0.1, -0.05) is 0 Å². The second kappa shape index (κ2) is 14.3. The minimum Gasteiger partial charge on any atom is -0.461 e. The van der Waals surface area contributed by atoms with Crippen molar-refractivity contribution in [3.8, 4) is 0 Å². The Morgan fingerprint density at radius 1 is 0.618 bits per heavy atom. The maximum Gasteiger partial charge on any atom is 0.338 e. The first-order valence-electron chi connectivity index (χ1n) is 11.9. The molecule has 0 aliphatic rings. The lowest BCUT2D eigenvalue weighted by Crippen LogP contribution is -2.44. The molecule has 2 unspecified atom stereocenters. The Bertz CT molecular complexity index is 612. The van der Waals surface area contributed by atoms with Crippen molar-refractivity contribution in [3.05, 3.63) is 0 Å². The SMILES string of the molecule is CC(C)OC(C)COC(=O)C(C)(C)OCOC(C)(C)COC(C)(C)C(=O)OCC(C)OC(C)C. The van der Waals surface area contributed by atoms with Crippen LogP contribution < -0.4 is 0 Å². The average Bonchev–Trinajstić information content (AvgIpc) is 2.67. The van der Waals surface area contributed by atoms with E-state index >= 15 is 0 Å². The van der Waals surface area contributed by atoms with E-state index in [9.17, 15) is 9.59 Å². The molecule has 2 atom stereocenters. The highest BCUT2D eigenvalue weighted by Crippen LogP contribution is 2.20. The third-order valence-electron chi connectivity index (χ3n) is 4.54. The Morgan fingerprint density at radius 3 is 1.38 bits per heavy atom. The molecule has 0 rings (SSSR count). The van der Waals surface area contributed by atoms with E-state index in [-0.39, 0.29) is 51.0 Å². The molecule has 0 aromatic carbocycles. The standard InChI is InChI=1S/C25H48O9/c1-17(2)33-19(5)13-28-21(26)24(9,10)30-15-23(7,8)31-16-32-25(11,12)22(27)29-14-20(6)34-18(3)4/h17-20H,13-16H2,1-12H3. The van der Waals surface area contributed by atoms with E-state index in [0.29, 0.717) is 0 Å². The van der Waals surface area contributed by atoms with Gasteiger partial charge in [-0.05, 0) is 83.1 Å². The summed E-state index contributed by atoms with van der Waals surface area (Å²) in [5.41, 5.74) is -3.16. The van der Waals surface area contributed by atoms with Gasteiger partial charge in [0.25, 0.3) is 0 Å². The first-order valence-corrected chi connectivity index (χ1v) is 11.9. The second-order valence-corrected chi connectivity index (χ2v) is 10.7. The molecule has 0 fully saturated rings. The fourth-order valence-corrected chi connectivity index (χ4v) is 2.59. The first-order chi connectivity index (χ1) is 15.4. The van der Waals surface area contributed by atoms with Crippen LogP contribution in [0.5, 0.6) is 0 Å². The third-order valence-corrected chi connectivity index (χ3v) is 4.54. The number of esters is 2. The third kappa shape index (κ3) is 14.2. The van der Waals surface area contributed by atoms with Gasteiger partial charge in [-0.15, -0.1) is 0 Å². The molecule has 0 aliphatic heterocycles. The first kappa shape index (κ1) is 32.7. The molecular weight excluding hydrogens is 444 g/mol. The summed E-state index contributed by atoms with van der Waals surface area (Å²) in [5.74, 6) is -0.998. The molecule has 0 spiro atoms. The molecule has 9 nitrogen and oxygen atoms in total. The summed E-state index contributed by atoms with van der Waals surface area (Å²) in [6.45, 7) is 21.7. The number of hydrogen-bond donors (Lipinski definition) is 0. The van der Waals surface area contributed by atoms with Crippen molar-refractivity contribution >= 4 is 11.9 Å². The number of rotatable bonds is 17. The largest absolute Gasteiger partial charge is 0.461 e. The van der Waals surface area contributed by atoms with Gasteiger partial charge in [-0.25, -0.2) is 9.59 Å². The van der Waals surface area contributed by atoms with Crippen LogP contribution >= 0.6 is 0 Å². The Morgan fingerprint density at radius 2 is 1.00 bits per heavy atom. The van der Waals surface area contributed by atoms with Gasteiger partial charge in [0.15, 0.2) is 11.2 Å². The van der Waals surface area contributed by atoms with E-state index in [4.69, 9.17) is 33.2 Å². The van der Waals surface area contributed by atoms with E-state index in [2.05, 4.69) is 0 Å². The van der Waals surface area contributed by atoms with Crippen LogP contribution in [0.4, 0.5) is 0 Å². The Balaban J connectivity index is 4.50. The minimum atomic E-state index is -1.20. The summed E-state index contributed by atoms with van der Waals surface area (Å²) in [5, 5.41) is 0. The average molecular weight is 493 g/mol. The van der Waals surface area contributed by atoms with Crippen molar-refractivity contribution in [3.63, 3.8) is 0 Å². The fraction of sp³-hybridized carbons (Fsp3) is 0.920. The van der Waals surface area contributed by atoms with Crippen LogP contribution in [0.1, 0.15) is 83.1 Å². The van der Waals surface area contributed by atoms with E-state index < -0.39 is 28.7 Å². The van der Waals surface area contributed by atoms with Crippen LogP contribution in [0.25, 0.3) is 0 Å². The second-order valence-electron chi connectivity index (χ2n) is 10.7. The molecule has 202 valence electrons. The van der Waals surface area contributed by atoms with Crippen LogP contribution in [0.3, 0.4) is 0 Å². The monoisotopic (exact) mass is 492 g/mol. The molecule has 0 aliphatic carbocycles. The van der Waals surface area contributed by atoms with Crippen molar-refractivity contribution in [2.45, 2.75) is 124 Å². The van der Waals surface area contributed by atoms with Crippen LogP contribution in [0, 0.1) is 0 Å². The zero-order valence-electron chi connectivity index (χ0n) is 23.3. The molecule has 0 amide bonds. The van der Waals surface area contributed by atoms with Crippen molar-refractivity contribution < 1.29 is 42.7 Å². The van der Waals surface area contributed by atoms with Crippen molar-refractivity contribution in [2.24, 2.45) is 0 Å². The van der Waals surface area contributed by atoms with Gasteiger partial charge >= 0.3 is 11.9 Å². The highest BCUT2D eigenvalue weighted by atomic mass is 16.7. The highest BCUT2D eigenvalue weighted by molar-refractivity contribution is 5.79. The molecule has 0 bridgehead atoms. The zero-order chi connectivity index (χ0) is 26.7. The molecular formula is C25H48O9. The topological polar surface area (TPSA) is 98.8 Å². The smallest absolute Gasteiger partial charge is 0.338 e. The lowest BCUT2D eigenvalue weighted by atomic mass is 10.1. The lowest BCUT2D eigenvalue weighted by molar-refractivity contribution is -0.215. The van der Waals surface area contributed by atoms with Gasteiger partial charge in [-0.3, -0.25) is 0 Å². The molecule has 0 radical (unpaired) electrons. The van der Waals surface area contributed by atoms with Crippen LogP contribution in [0.15, 0.2) is 0 Å². The Kier molecular flexibility index (Phi) is 13.8. The van der Waals surface area contributed by atoms with Gasteiger partial charge < -0.3 is 33.2 Å². The van der Waals surface area contributed by atoms with Crippen molar-refractivity contribution in [1.82, 2.24) is 0 Å². The minimum absolute atomic E-state index is 0.0464. The van der Waals surface area contributed by atoms with Gasteiger partial charge in [0.05, 0.1) is 36.6 Å². The number of carbonyl (C=O) groups is 2. The van der Waals surface area contributed by atoms with Gasteiger partial charge in [0.1, 0.15) is 20.0 Å². The number of hydrogen-bond acceptors (Lipinski definition) is 9. The molecule has 0 saturated heterocycles. The van der Waals surface area contributed by atoms with E-state index in [0.717, 1.165) is 0 Å². The fourth-order valence-electron chi connectivity index (χ4n) is 2.59. The van der Waals surface area contributed by atoms with Crippen LogP contribution in [0.2, 0.25) is 0 Å². The maximum atomic E-state index is 12.4. The summed E-state index contributed by atoms with van der Waals surface area (Å²) in [7, 11) is 0. The summed E-state index contributed by atoms with van der Waals surface area (Å²) < 4.78 is 38.9. The molecule has 0 aromatic heterocycles. The van der Waals surface area contributed by atoms with E-state index in [1.807, 2.05) is 41.5 Å². The summed E-state index contributed by atoms with van der Waals surface area (Å²) >= 11 is 0. The molecule has 0 N–H and O–H groups in total. The zero-order valence-corrected chi connectivity index (χ0v) is 23.3. The predicted octanol–water partition coefficient (Wildman–Crippen LogP) is 4.04. The van der Waals surface area contributed by atoms with Gasteiger partial charge in [0.2, 0.25) is 0 Å². The van der Waals surface area contributed by atoms with Crippen LogP contribution in [-0.2, 0) is 42.7 Å². The van der Waals surface area contributed by atoms with Gasteiger partial charge in [-0.2, -0.15) is 0 Å². The molecule has 34 heavy (non-hydrogen) atoms. The summed E-state index contributed by atoms with van der Waals surface area (Å²) in [4.78, 5) is 24.8. The molecule has 0 saturated carbocycles. The van der Waals surface area contributed by atoms with Gasteiger partial charge in [0, 0.05) is 0 Å². The van der Waals surface area contributed by atoms with Crippen molar-refractivity contribution in [1.29, 1.82) is 0 Å². The normalized spacial score (nSPS) is 14.9. The Hall–Kier alpha value is -1.26. The van der Waals surface area contributed by atoms with Crippen LogP contribution in [-0.4, -0.2) is 79.8 Å². The van der Waals surface area contributed by atoms with Crippen molar-refractivity contribution in [2.75, 3.05) is 26.6 Å². The van der Waals surface area contributed by atoms with E-state index in [1.54, 1.807) is 41.5 Å². The lowest BCUT2D eigenvalue weighted by Gasteiger charge is -2.32. The number of ether oxygens (including phenoxy) is 7. The Labute approximate surface area is 206 Å². The summed E-state index contributed by atoms with van der Waals surface area (Å²) in [6, 6.07) is 0. The highest BCUT2D eigenvalue weighted by Gasteiger charge is 2.35. The number of carbonyl (C=O) groups excluding carboxylic acids is 2. The predicted molar refractivity (Wildman–Crippen MR) is 129 cm³/mol. The molecule has 9 heteroatoms. The maximum absolute atomic E-state index is 12.4.